The number of hydrogen-bond acceptors (Lipinski definition) is 6. The number of carbonyl (C=O) groups is 1. The Bertz CT molecular complexity index is 1280. The van der Waals surface area contributed by atoms with E-state index in [0.717, 1.165) is 52.9 Å². The molecular formula is C24H24F3N7O. The van der Waals surface area contributed by atoms with Crippen LogP contribution in [0.15, 0.2) is 36.7 Å². The van der Waals surface area contributed by atoms with E-state index < -0.39 is 29.4 Å². The van der Waals surface area contributed by atoms with Crippen molar-refractivity contribution in [3.63, 3.8) is 0 Å². The molecule has 3 aromatic heterocycles. The van der Waals surface area contributed by atoms with Gasteiger partial charge in [0.25, 0.3) is 5.91 Å². The molecule has 2 unspecified atom stereocenters. The summed E-state index contributed by atoms with van der Waals surface area (Å²) in [7, 11) is 0. The summed E-state index contributed by atoms with van der Waals surface area (Å²) >= 11 is 0. The van der Waals surface area contributed by atoms with Crippen molar-refractivity contribution in [2.24, 2.45) is 11.8 Å². The molecule has 0 spiro atoms. The zero-order chi connectivity index (χ0) is 24.3. The molecule has 35 heavy (non-hydrogen) atoms. The number of fused-ring (bicyclic) bond motifs is 2. The molecule has 3 N–H and O–H groups in total. The third kappa shape index (κ3) is 4.19. The van der Waals surface area contributed by atoms with Gasteiger partial charge >= 0.3 is 6.18 Å². The number of carbonyl (C=O) groups excluding carboxylic acids is 1. The Morgan fingerprint density at radius 3 is 2.69 bits per heavy atom. The summed E-state index contributed by atoms with van der Waals surface area (Å²) in [5.74, 6) is 1.98. The number of piperidine rings is 1. The first-order chi connectivity index (χ1) is 16.7. The fourth-order valence-corrected chi connectivity index (χ4v) is 5.22. The van der Waals surface area contributed by atoms with Crippen molar-refractivity contribution in [3.8, 4) is 0 Å². The highest BCUT2D eigenvalue weighted by atomic mass is 19.4. The van der Waals surface area contributed by atoms with Gasteiger partial charge in [0.05, 0.1) is 18.2 Å². The van der Waals surface area contributed by atoms with E-state index in [1.807, 2.05) is 12.1 Å². The molecule has 1 saturated heterocycles. The van der Waals surface area contributed by atoms with Gasteiger partial charge in [-0.3, -0.25) is 9.48 Å². The van der Waals surface area contributed by atoms with Crippen molar-refractivity contribution in [1.82, 2.24) is 25.1 Å². The summed E-state index contributed by atoms with van der Waals surface area (Å²) in [6.07, 6.45) is 0.478. The average Bonchev–Trinajstić information content (AvgIpc) is 3.17. The van der Waals surface area contributed by atoms with Gasteiger partial charge in [-0.05, 0) is 54.4 Å². The summed E-state index contributed by atoms with van der Waals surface area (Å²) in [5, 5.41) is 6.42. The molecule has 4 heterocycles. The molecule has 2 aliphatic carbocycles. The van der Waals surface area contributed by atoms with E-state index in [4.69, 9.17) is 5.73 Å². The zero-order valence-corrected chi connectivity index (χ0v) is 18.8. The van der Waals surface area contributed by atoms with E-state index in [-0.39, 0.29) is 6.54 Å². The molecule has 1 aliphatic heterocycles. The number of nitrogens with one attached hydrogen (secondary N) is 1. The maximum atomic E-state index is 13.7. The van der Waals surface area contributed by atoms with Crippen LogP contribution in [0.25, 0.3) is 0 Å². The minimum Gasteiger partial charge on any atom is -0.384 e. The number of amides is 1. The molecule has 0 aromatic carbocycles. The topological polar surface area (TPSA) is 102 Å². The first-order valence-electron chi connectivity index (χ1n) is 11.7. The van der Waals surface area contributed by atoms with E-state index in [1.165, 1.54) is 6.42 Å². The predicted molar refractivity (Wildman–Crippen MR) is 122 cm³/mol. The fourth-order valence-electron chi connectivity index (χ4n) is 5.22. The Balaban J connectivity index is 1.19. The minimum absolute atomic E-state index is 0.0738. The number of aryl methyl sites for hydroxylation is 1. The van der Waals surface area contributed by atoms with E-state index in [0.29, 0.717) is 24.2 Å². The number of pyridine rings is 2. The van der Waals surface area contributed by atoms with Crippen LogP contribution in [0, 0.1) is 11.8 Å². The zero-order valence-electron chi connectivity index (χ0n) is 18.8. The fraction of sp³-hybridized carbons (Fsp3) is 0.417. The van der Waals surface area contributed by atoms with E-state index in [1.54, 1.807) is 18.3 Å². The molecule has 0 bridgehead atoms. The molecule has 8 nitrogen and oxygen atoms in total. The molecule has 6 rings (SSSR count). The summed E-state index contributed by atoms with van der Waals surface area (Å²) in [6, 6.07) is 6.68. The molecule has 0 radical (unpaired) electrons. The quantitative estimate of drug-likeness (QED) is 0.578. The van der Waals surface area contributed by atoms with Gasteiger partial charge in [-0.25, -0.2) is 9.97 Å². The average molecular weight is 483 g/mol. The first kappa shape index (κ1) is 21.9. The van der Waals surface area contributed by atoms with Crippen LogP contribution in [-0.2, 0) is 19.1 Å². The predicted octanol–water partition coefficient (Wildman–Crippen LogP) is 3.20. The summed E-state index contributed by atoms with van der Waals surface area (Å²) in [6.45, 7) is 2.10. The maximum absolute atomic E-state index is 13.7. The molecule has 1 saturated carbocycles. The molecule has 3 atom stereocenters. The van der Waals surface area contributed by atoms with Gasteiger partial charge in [0.2, 0.25) is 0 Å². The van der Waals surface area contributed by atoms with Crippen molar-refractivity contribution in [2.45, 2.75) is 38.0 Å². The van der Waals surface area contributed by atoms with E-state index in [9.17, 15) is 18.0 Å². The third-order valence-electron chi connectivity index (χ3n) is 7.11. The Morgan fingerprint density at radius 1 is 1.17 bits per heavy atom. The standard InChI is InChI=1S/C24H24F3N7O/c25-24(26,27)22-17(23(35)31-19-4-3-18-16(19)2-5-20(28)30-18)12-34(32-22)9-13-1-6-21(29-8-13)33-10-14-7-15(14)11-33/h1-2,5-6,8,12,14-15,19H,3-4,7,9-11H2,(H2,28,30)(H,31,35)/t14?,15?,19-/m1/s1. The first-order valence-corrected chi connectivity index (χ1v) is 11.7. The van der Waals surface area contributed by atoms with Gasteiger partial charge in [0.15, 0.2) is 5.69 Å². The van der Waals surface area contributed by atoms with Crippen LogP contribution < -0.4 is 16.0 Å². The molecule has 2 fully saturated rings. The van der Waals surface area contributed by atoms with Crippen molar-refractivity contribution >= 4 is 17.5 Å². The number of anilines is 2. The lowest BCUT2D eigenvalue weighted by atomic mass is 10.1. The number of nitrogen functional groups attached to an aromatic ring is 1. The van der Waals surface area contributed by atoms with Gasteiger partial charge in [-0.1, -0.05) is 12.1 Å². The number of nitrogens with zero attached hydrogens (tertiary/aromatic N) is 5. The summed E-state index contributed by atoms with van der Waals surface area (Å²) in [5.41, 5.74) is 6.23. The SMILES string of the molecule is Nc1ccc2c(n1)CC[C@H]2NC(=O)c1cn(Cc2ccc(N3CC4CC4C3)nc2)nc1C(F)(F)F. The van der Waals surface area contributed by atoms with Gasteiger partial charge in [-0.15, -0.1) is 0 Å². The Kier molecular flexibility index (Phi) is 4.97. The van der Waals surface area contributed by atoms with Crippen molar-refractivity contribution in [1.29, 1.82) is 0 Å². The number of halogens is 3. The molecular weight excluding hydrogens is 459 g/mol. The molecule has 11 heteroatoms. The smallest absolute Gasteiger partial charge is 0.384 e. The second kappa shape index (κ2) is 7.96. The van der Waals surface area contributed by atoms with Crippen LogP contribution in [0.2, 0.25) is 0 Å². The number of rotatable bonds is 5. The second-order valence-corrected chi connectivity index (χ2v) is 9.61. The maximum Gasteiger partial charge on any atom is 0.435 e. The van der Waals surface area contributed by atoms with Crippen LogP contribution in [0.4, 0.5) is 24.8 Å². The van der Waals surface area contributed by atoms with Gasteiger partial charge in [0, 0.05) is 31.2 Å². The molecule has 3 aliphatic rings. The van der Waals surface area contributed by atoms with Gasteiger partial charge < -0.3 is 16.0 Å². The van der Waals surface area contributed by atoms with Crippen molar-refractivity contribution < 1.29 is 18.0 Å². The van der Waals surface area contributed by atoms with Crippen LogP contribution in [0.1, 0.15) is 51.8 Å². The van der Waals surface area contributed by atoms with Crippen LogP contribution in [0.3, 0.4) is 0 Å². The highest BCUT2D eigenvalue weighted by molar-refractivity contribution is 5.95. The lowest BCUT2D eigenvalue weighted by molar-refractivity contribution is -0.141. The monoisotopic (exact) mass is 483 g/mol. The number of nitrogens with two attached hydrogens (primary N) is 1. The van der Waals surface area contributed by atoms with E-state index in [2.05, 4.69) is 25.3 Å². The van der Waals surface area contributed by atoms with Crippen molar-refractivity contribution in [2.75, 3.05) is 23.7 Å². The Hall–Kier alpha value is -3.63. The highest BCUT2D eigenvalue weighted by Crippen LogP contribution is 2.45. The van der Waals surface area contributed by atoms with E-state index >= 15 is 0 Å². The Morgan fingerprint density at radius 2 is 1.97 bits per heavy atom. The minimum atomic E-state index is -4.76. The van der Waals surface area contributed by atoms with Gasteiger partial charge in [-0.2, -0.15) is 18.3 Å². The van der Waals surface area contributed by atoms with Crippen LogP contribution >= 0.6 is 0 Å². The second-order valence-electron chi connectivity index (χ2n) is 9.61. The normalized spacial score (nSPS) is 22.7. The summed E-state index contributed by atoms with van der Waals surface area (Å²) < 4.78 is 42.3. The van der Waals surface area contributed by atoms with Crippen LogP contribution in [0.5, 0.6) is 0 Å². The third-order valence-corrected chi connectivity index (χ3v) is 7.11. The molecule has 1 amide bonds. The number of hydrogen-bond donors (Lipinski definition) is 2. The molecule has 3 aromatic rings. The lowest BCUT2D eigenvalue weighted by Crippen LogP contribution is -2.28. The van der Waals surface area contributed by atoms with Crippen molar-refractivity contribution in [3.05, 3.63) is 64.7 Å². The summed E-state index contributed by atoms with van der Waals surface area (Å²) in [4.78, 5) is 23.9. The van der Waals surface area contributed by atoms with Crippen LogP contribution in [-0.4, -0.2) is 38.7 Å². The van der Waals surface area contributed by atoms with Gasteiger partial charge in [0.1, 0.15) is 11.6 Å². The Labute approximate surface area is 199 Å². The number of aromatic nitrogens is 4. The lowest BCUT2D eigenvalue weighted by Gasteiger charge is -2.18. The number of alkyl halides is 3. The highest BCUT2D eigenvalue weighted by Gasteiger charge is 2.45. The largest absolute Gasteiger partial charge is 0.435 e. The molecule has 182 valence electrons.